The minimum absolute atomic E-state index is 0.0477. The van der Waals surface area contributed by atoms with E-state index in [1.54, 1.807) is 42.9 Å². The quantitative estimate of drug-likeness (QED) is 0.391. The van der Waals surface area contributed by atoms with Crippen LogP contribution in [-0.4, -0.2) is 24.3 Å². The molecule has 0 bridgehead atoms. The highest BCUT2D eigenvalue weighted by Gasteiger charge is 2.17. The van der Waals surface area contributed by atoms with Gasteiger partial charge in [0.2, 0.25) is 0 Å². The van der Waals surface area contributed by atoms with Crippen molar-refractivity contribution in [1.29, 1.82) is 0 Å². The van der Waals surface area contributed by atoms with Crippen LogP contribution in [0.4, 0.5) is 11.5 Å². The van der Waals surface area contributed by atoms with Crippen molar-refractivity contribution in [3.63, 3.8) is 0 Å². The van der Waals surface area contributed by atoms with Gasteiger partial charge in [0.15, 0.2) is 11.6 Å². The van der Waals surface area contributed by atoms with Crippen LogP contribution in [0.1, 0.15) is 21.5 Å². The Bertz CT molecular complexity index is 1390. The third kappa shape index (κ3) is 5.57. The number of anilines is 2. The normalized spacial score (nSPS) is 11.0. The number of pyridine rings is 2. The Morgan fingerprint density at radius 3 is 2.38 bits per heavy atom. The van der Waals surface area contributed by atoms with Crippen LogP contribution in [0.25, 0.3) is 0 Å². The van der Waals surface area contributed by atoms with E-state index in [9.17, 15) is 13.2 Å². The van der Waals surface area contributed by atoms with Gasteiger partial charge in [-0.2, -0.15) is 0 Å². The molecule has 0 radical (unpaired) electrons. The van der Waals surface area contributed by atoms with Crippen molar-refractivity contribution in [2.45, 2.75) is 18.4 Å². The summed E-state index contributed by atoms with van der Waals surface area (Å²) in [6.45, 7) is 2.11. The van der Waals surface area contributed by atoms with E-state index in [-0.39, 0.29) is 22.9 Å². The van der Waals surface area contributed by atoms with Crippen molar-refractivity contribution in [2.75, 3.05) is 10.0 Å². The lowest BCUT2D eigenvalue weighted by Gasteiger charge is -2.12. The topological polar surface area (TPSA) is 110 Å². The van der Waals surface area contributed by atoms with Crippen molar-refractivity contribution in [3.8, 4) is 5.75 Å². The number of hydrogen-bond acceptors (Lipinski definition) is 6. The minimum Gasteiger partial charge on any atom is -0.485 e. The van der Waals surface area contributed by atoms with Gasteiger partial charge in [0.25, 0.3) is 15.9 Å². The van der Waals surface area contributed by atoms with E-state index in [4.69, 9.17) is 4.74 Å². The molecule has 0 aliphatic rings. The zero-order valence-corrected chi connectivity index (χ0v) is 19.1. The molecular weight excluding hydrogens is 452 g/mol. The first kappa shape index (κ1) is 22.9. The summed E-state index contributed by atoms with van der Waals surface area (Å²) in [5.74, 6) is 0.233. The van der Waals surface area contributed by atoms with Crippen molar-refractivity contribution >= 4 is 27.4 Å². The lowest BCUT2D eigenvalue weighted by atomic mass is 10.2. The average Bonchev–Trinajstić information content (AvgIpc) is 2.85. The number of aryl methyl sites for hydroxylation is 1. The number of nitrogens with zero attached hydrogens (tertiary/aromatic N) is 2. The monoisotopic (exact) mass is 474 g/mol. The summed E-state index contributed by atoms with van der Waals surface area (Å²) >= 11 is 0. The molecule has 2 aromatic heterocycles. The summed E-state index contributed by atoms with van der Waals surface area (Å²) in [6.07, 6.45) is 4.89. The molecule has 1 amide bonds. The minimum atomic E-state index is -3.80. The number of carbonyl (C=O) groups is 1. The molecular formula is C25H22N4O4S. The van der Waals surface area contributed by atoms with E-state index in [0.717, 1.165) is 11.1 Å². The molecule has 4 aromatic rings. The number of hydrogen-bond donors (Lipinski definition) is 2. The van der Waals surface area contributed by atoms with Crippen molar-refractivity contribution < 1.29 is 17.9 Å². The number of nitrogens with one attached hydrogen (secondary N) is 2. The van der Waals surface area contributed by atoms with Crippen molar-refractivity contribution in [2.24, 2.45) is 0 Å². The summed E-state index contributed by atoms with van der Waals surface area (Å²) in [6, 6.07) is 19.8. The Balaban J connectivity index is 1.45. The Kier molecular flexibility index (Phi) is 6.84. The summed E-state index contributed by atoms with van der Waals surface area (Å²) in [4.78, 5) is 21.0. The van der Waals surface area contributed by atoms with E-state index in [0.29, 0.717) is 11.4 Å². The molecule has 0 spiro atoms. The lowest BCUT2D eigenvalue weighted by molar-refractivity contribution is 0.102. The fourth-order valence-corrected chi connectivity index (χ4v) is 4.23. The van der Waals surface area contributed by atoms with Gasteiger partial charge >= 0.3 is 0 Å². The smallest absolute Gasteiger partial charge is 0.261 e. The Morgan fingerprint density at radius 1 is 0.912 bits per heavy atom. The van der Waals surface area contributed by atoms with Crippen LogP contribution in [0.3, 0.4) is 0 Å². The summed E-state index contributed by atoms with van der Waals surface area (Å²) < 4.78 is 33.8. The van der Waals surface area contributed by atoms with E-state index < -0.39 is 15.9 Å². The fourth-order valence-electron chi connectivity index (χ4n) is 3.10. The Labute approximate surface area is 197 Å². The third-order valence-electron chi connectivity index (χ3n) is 4.96. The molecule has 2 aromatic carbocycles. The summed E-state index contributed by atoms with van der Waals surface area (Å²) in [5.41, 5.74) is 2.51. The van der Waals surface area contributed by atoms with Gasteiger partial charge in [-0.3, -0.25) is 14.5 Å². The molecule has 2 heterocycles. The highest BCUT2D eigenvalue weighted by molar-refractivity contribution is 7.92. The number of ether oxygens (including phenoxy) is 1. The van der Waals surface area contributed by atoms with Crippen LogP contribution >= 0.6 is 0 Å². The molecule has 0 fully saturated rings. The van der Waals surface area contributed by atoms with Crippen LogP contribution in [0.2, 0.25) is 0 Å². The molecule has 0 unspecified atom stereocenters. The van der Waals surface area contributed by atoms with Gasteiger partial charge in [-0.1, -0.05) is 18.2 Å². The summed E-state index contributed by atoms with van der Waals surface area (Å²) in [7, 11) is -3.80. The second-order valence-electron chi connectivity index (χ2n) is 7.39. The number of sulfonamides is 1. The van der Waals surface area contributed by atoms with Crippen LogP contribution < -0.4 is 14.8 Å². The van der Waals surface area contributed by atoms with E-state index in [1.165, 1.54) is 24.3 Å². The molecule has 0 aliphatic carbocycles. The molecule has 0 aliphatic heterocycles. The maximum Gasteiger partial charge on any atom is 0.261 e. The number of amides is 1. The summed E-state index contributed by atoms with van der Waals surface area (Å²) in [5, 5.41) is 2.72. The second-order valence-corrected chi connectivity index (χ2v) is 9.08. The van der Waals surface area contributed by atoms with E-state index in [2.05, 4.69) is 20.0 Å². The number of benzene rings is 2. The second kappa shape index (κ2) is 10.1. The van der Waals surface area contributed by atoms with Gasteiger partial charge in [0.1, 0.15) is 6.61 Å². The molecule has 2 N–H and O–H groups in total. The van der Waals surface area contributed by atoms with Crippen molar-refractivity contribution in [1.82, 2.24) is 9.97 Å². The Hall–Kier alpha value is -4.24. The van der Waals surface area contributed by atoms with Gasteiger partial charge in [-0.25, -0.2) is 13.4 Å². The van der Waals surface area contributed by atoms with E-state index in [1.807, 2.05) is 31.2 Å². The highest BCUT2D eigenvalue weighted by atomic mass is 32.2. The van der Waals surface area contributed by atoms with Gasteiger partial charge in [-0.15, -0.1) is 0 Å². The third-order valence-corrected chi connectivity index (χ3v) is 6.34. The SMILES string of the molecule is Cc1ccccc1NS(=O)(=O)c1ccc(C(=O)Nc2ncccc2OCc2ccncc2)cc1. The van der Waals surface area contributed by atoms with Crippen LogP contribution in [0.15, 0.2) is 96.3 Å². The molecule has 4 rings (SSSR count). The predicted molar refractivity (Wildman–Crippen MR) is 129 cm³/mol. The largest absolute Gasteiger partial charge is 0.485 e. The van der Waals surface area contributed by atoms with Gasteiger partial charge < -0.3 is 10.1 Å². The molecule has 9 heteroatoms. The predicted octanol–water partition coefficient (Wildman–Crippen LogP) is 4.42. The first-order valence-electron chi connectivity index (χ1n) is 10.4. The zero-order chi connectivity index (χ0) is 24.0. The Morgan fingerprint density at radius 2 is 1.65 bits per heavy atom. The van der Waals surface area contributed by atoms with Crippen LogP contribution in [-0.2, 0) is 16.6 Å². The van der Waals surface area contributed by atoms with Gasteiger partial charge in [-0.05, 0) is 72.6 Å². The number of rotatable bonds is 8. The van der Waals surface area contributed by atoms with Gasteiger partial charge in [0.05, 0.1) is 10.6 Å². The van der Waals surface area contributed by atoms with E-state index >= 15 is 0 Å². The van der Waals surface area contributed by atoms with Crippen LogP contribution in [0, 0.1) is 6.92 Å². The first-order chi connectivity index (χ1) is 16.4. The number of carbonyl (C=O) groups excluding carboxylic acids is 1. The maximum atomic E-state index is 12.8. The molecule has 34 heavy (non-hydrogen) atoms. The van der Waals surface area contributed by atoms with Crippen molar-refractivity contribution in [3.05, 3.63) is 108 Å². The standard InChI is InChI=1S/C25H22N4O4S/c1-18-5-2-3-6-22(18)29-34(31,32)21-10-8-20(9-11-21)25(30)28-24-23(7-4-14-27-24)33-17-19-12-15-26-16-13-19/h2-16,29H,17H2,1H3,(H,27,28,30). The number of para-hydroxylation sites is 1. The zero-order valence-electron chi connectivity index (χ0n) is 18.3. The molecule has 0 atom stereocenters. The molecule has 172 valence electrons. The fraction of sp³-hybridized carbons (Fsp3) is 0.0800. The average molecular weight is 475 g/mol. The number of aromatic nitrogens is 2. The highest BCUT2D eigenvalue weighted by Crippen LogP contribution is 2.24. The lowest BCUT2D eigenvalue weighted by Crippen LogP contribution is -2.16. The van der Waals surface area contributed by atoms with Gasteiger partial charge in [0, 0.05) is 24.2 Å². The van der Waals surface area contributed by atoms with Crippen LogP contribution in [0.5, 0.6) is 5.75 Å². The molecule has 0 saturated carbocycles. The first-order valence-corrected chi connectivity index (χ1v) is 11.9. The molecule has 0 saturated heterocycles. The molecule has 8 nitrogen and oxygen atoms in total. The maximum absolute atomic E-state index is 12.8.